The zero-order valence-corrected chi connectivity index (χ0v) is 11.0. The van der Waals surface area contributed by atoms with Crippen molar-refractivity contribution in [3.63, 3.8) is 0 Å². The van der Waals surface area contributed by atoms with Gasteiger partial charge in [0.1, 0.15) is 0 Å². The summed E-state index contributed by atoms with van der Waals surface area (Å²) in [5.41, 5.74) is 1.37. The van der Waals surface area contributed by atoms with Crippen molar-refractivity contribution in [3.05, 3.63) is 48.0 Å². The van der Waals surface area contributed by atoms with Gasteiger partial charge in [-0.2, -0.15) is 0 Å². The molecule has 0 fully saturated rings. The van der Waals surface area contributed by atoms with Crippen molar-refractivity contribution in [1.29, 1.82) is 0 Å². The van der Waals surface area contributed by atoms with E-state index in [0.717, 1.165) is 0 Å². The smallest absolute Gasteiger partial charge is 0.0875 e. The molecule has 0 amide bonds. The number of ether oxygens (including phenoxy) is 1. The first kappa shape index (κ1) is 12.1. The van der Waals surface area contributed by atoms with E-state index in [2.05, 4.69) is 63.2 Å². The van der Waals surface area contributed by atoms with E-state index >= 15 is 0 Å². The first-order valence-corrected chi connectivity index (χ1v) is 6.04. The Morgan fingerprint density at radius 2 is 1.59 bits per heavy atom. The molecule has 0 saturated heterocycles. The third-order valence-electron chi connectivity index (χ3n) is 3.13. The molecular weight excluding hydrogens is 208 g/mol. The third-order valence-corrected chi connectivity index (χ3v) is 3.13. The Kier molecular flexibility index (Phi) is 3.21. The van der Waals surface area contributed by atoms with Crippen LogP contribution in [0.1, 0.15) is 32.4 Å². The number of fused-ring (bicyclic) bond motifs is 1. The van der Waals surface area contributed by atoms with E-state index in [4.69, 9.17) is 4.74 Å². The summed E-state index contributed by atoms with van der Waals surface area (Å²) in [4.78, 5) is 0. The van der Waals surface area contributed by atoms with E-state index in [-0.39, 0.29) is 11.5 Å². The molecule has 1 unspecified atom stereocenters. The van der Waals surface area contributed by atoms with Crippen LogP contribution < -0.4 is 0 Å². The van der Waals surface area contributed by atoms with Crippen LogP contribution in [0.4, 0.5) is 0 Å². The van der Waals surface area contributed by atoms with Gasteiger partial charge in [-0.25, -0.2) is 0 Å². The van der Waals surface area contributed by atoms with Crippen LogP contribution in [-0.2, 0) is 4.74 Å². The summed E-state index contributed by atoms with van der Waals surface area (Å²) in [6.07, 6.45) is 0.119. The molecule has 0 N–H and O–H groups in total. The molecule has 17 heavy (non-hydrogen) atoms. The summed E-state index contributed by atoms with van der Waals surface area (Å²) < 4.78 is 5.71. The second-order valence-electron chi connectivity index (χ2n) is 5.55. The van der Waals surface area contributed by atoms with Gasteiger partial charge in [0.25, 0.3) is 0 Å². The molecule has 0 bridgehead atoms. The maximum Gasteiger partial charge on any atom is 0.0875 e. The lowest BCUT2D eigenvalue weighted by Gasteiger charge is -2.30. The van der Waals surface area contributed by atoms with Crippen molar-refractivity contribution in [3.8, 4) is 0 Å². The van der Waals surface area contributed by atoms with Crippen LogP contribution in [0.2, 0.25) is 0 Å². The second-order valence-corrected chi connectivity index (χ2v) is 5.55. The molecule has 0 aliphatic rings. The Hall–Kier alpha value is -1.34. The maximum atomic E-state index is 5.71. The summed E-state index contributed by atoms with van der Waals surface area (Å²) in [6.45, 7) is 6.63. The molecule has 0 spiro atoms. The lowest BCUT2D eigenvalue weighted by atomic mass is 9.83. The highest BCUT2D eigenvalue weighted by Gasteiger charge is 2.27. The van der Waals surface area contributed by atoms with Crippen LogP contribution in [0.15, 0.2) is 42.5 Å². The first-order chi connectivity index (χ1) is 8.04. The zero-order chi connectivity index (χ0) is 12.5. The minimum absolute atomic E-state index is 0.0961. The average molecular weight is 228 g/mol. The fourth-order valence-corrected chi connectivity index (χ4v) is 2.43. The van der Waals surface area contributed by atoms with Crippen LogP contribution in [0, 0.1) is 5.41 Å². The number of hydrogen-bond donors (Lipinski definition) is 0. The Morgan fingerprint density at radius 1 is 0.941 bits per heavy atom. The van der Waals surface area contributed by atoms with Crippen molar-refractivity contribution in [1.82, 2.24) is 0 Å². The zero-order valence-electron chi connectivity index (χ0n) is 11.0. The molecule has 2 aromatic rings. The molecule has 1 heteroatoms. The van der Waals surface area contributed by atoms with Gasteiger partial charge in [0, 0.05) is 7.11 Å². The van der Waals surface area contributed by atoms with Gasteiger partial charge in [0.05, 0.1) is 6.10 Å². The van der Waals surface area contributed by atoms with E-state index in [1.165, 1.54) is 16.3 Å². The fourth-order valence-electron chi connectivity index (χ4n) is 2.43. The topological polar surface area (TPSA) is 9.23 Å². The molecule has 2 aromatic carbocycles. The Balaban J connectivity index is 2.62. The molecule has 0 heterocycles. The van der Waals surface area contributed by atoms with E-state index in [0.29, 0.717) is 0 Å². The van der Waals surface area contributed by atoms with Crippen LogP contribution in [0.25, 0.3) is 10.8 Å². The van der Waals surface area contributed by atoms with E-state index in [1.807, 2.05) is 0 Å². The maximum absolute atomic E-state index is 5.71. The molecule has 0 aromatic heterocycles. The van der Waals surface area contributed by atoms with Gasteiger partial charge >= 0.3 is 0 Å². The van der Waals surface area contributed by atoms with Crippen molar-refractivity contribution >= 4 is 10.8 Å². The fraction of sp³-hybridized carbons (Fsp3) is 0.375. The number of rotatable bonds is 2. The van der Waals surface area contributed by atoms with Gasteiger partial charge in [-0.1, -0.05) is 63.2 Å². The summed E-state index contributed by atoms with van der Waals surface area (Å²) in [5, 5.41) is 2.56. The number of benzene rings is 2. The minimum Gasteiger partial charge on any atom is -0.376 e. The van der Waals surface area contributed by atoms with Gasteiger partial charge in [-0.15, -0.1) is 0 Å². The summed E-state index contributed by atoms with van der Waals surface area (Å²) in [6, 6.07) is 14.9. The predicted octanol–water partition coefficient (Wildman–Crippen LogP) is 4.57. The van der Waals surface area contributed by atoms with Crippen LogP contribution >= 0.6 is 0 Å². The second kappa shape index (κ2) is 4.50. The quantitative estimate of drug-likeness (QED) is 0.731. The van der Waals surface area contributed by atoms with Crippen molar-refractivity contribution < 1.29 is 4.74 Å². The van der Waals surface area contributed by atoms with Gasteiger partial charge in [-0.3, -0.25) is 0 Å². The normalized spacial score (nSPS) is 13.9. The highest BCUT2D eigenvalue weighted by Crippen LogP contribution is 2.38. The number of methoxy groups -OCH3 is 1. The monoisotopic (exact) mass is 228 g/mol. The van der Waals surface area contributed by atoms with Gasteiger partial charge in [-0.05, 0) is 21.8 Å². The molecule has 1 atom stereocenters. The molecule has 2 rings (SSSR count). The summed E-state index contributed by atoms with van der Waals surface area (Å²) >= 11 is 0. The summed E-state index contributed by atoms with van der Waals surface area (Å²) in [5.74, 6) is 0. The number of hydrogen-bond acceptors (Lipinski definition) is 1. The van der Waals surface area contributed by atoms with Gasteiger partial charge < -0.3 is 4.74 Å². The lowest BCUT2D eigenvalue weighted by molar-refractivity contribution is 0.0163. The predicted molar refractivity (Wildman–Crippen MR) is 73.2 cm³/mol. The Bertz CT molecular complexity index is 503. The van der Waals surface area contributed by atoms with E-state index < -0.39 is 0 Å². The van der Waals surface area contributed by atoms with Gasteiger partial charge in [0.2, 0.25) is 0 Å². The molecule has 1 nitrogen and oxygen atoms in total. The molecule has 90 valence electrons. The van der Waals surface area contributed by atoms with Crippen LogP contribution in [0.3, 0.4) is 0 Å². The van der Waals surface area contributed by atoms with Crippen molar-refractivity contribution in [2.24, 2.45) is 5.41 Å². The highest BCUT2D eigenvalue weighted by atomic mass is 16.5. The molecule has 0 saturated carbocycles. The molecule has 0 aliphatic heterocycles. The lowest BCUT2D eigenvalue weighted by Crippen LogP contribution is -2.20. The Labute approximate surface area is 103 Å². The summed E-state index contributed by atoms with van der Waals surface area (Å²) in [7, 11) is 1.79. The Morgan fingerprint density at radius 3 is 2.24 bits per heavy atom. The molecular formula is C16H20O. The largest absolute Gasteiger partial charge is 0.376 e. The minimum atomic E-state index is 0.0961. The third kappa shape index (κ3) is 2.34. The van der Waals surface area contributed by atoms with Crippen molar-refractivity contribution in [2.45, 2.75) is 26.9 Å². The standard InChI is InChI=1S/C16H20O/c1-16(2,3)15(17-4)14-11-7-9-12-8-5-6-10-13(12)14/h5-11,15H,1-4H3. The average Bonchev–Trinajstić information content (AvgIpc) is 2.28. The van der Waals surface area contributed by atoms with E-state index in [1.54, 1.807) is 7.11 Å². The van der Waals surface area contributed by atoms with E-state index in [9.17, 15) is 0 Å². The first-order valence-electron chi connectivity index (χ1n) is 6.04. The highest BCUT2D eigenvalue weighted by molar-refractivity contribution is 5.86. The SMILES string of the molecule is COC(c1cccc2ccccc12)C(C)(C)C. The molecule has 0 aliphatic carbocycles. The van der Waals surface area contributed by atoms with Crippen molar-refractivity contribution in [2.75, 3.05) is 7.11 Å². The van der Waals surface area contributed by atoms with Gasteiger partial charge in [0.15, 0.2) is 0 Å². The molecule has 0 radical (unpaired) electrons. The van der Waals surface area contributed by atoms with Crippen LogP contribution in [0.5, 0.6) is 0 Å². The van der Waals surface area contributed by atoms with Crippen LogP contribution in [-0.4, -0.2) is 7.11 Å².